The molecule has 0 spiro atoms. The Bertz CT molecular complexity index is 659. The van der Waals surface area contributed by atoms with Crippen LogP contribution < -0.4 is 10.9 Å². The number of carbonyl (C=O) groups is 2. The summed E-state index contributed by atoms with van der Waals surface area (Å²) in [7, 11) is 0. The molecule has 2 N–H and O–H groups in total. The molecule has 2 rings (SSSR count). The van der Waals surface area contributed by atoms with Crippen molar-refractivity contribution in [1.29, 1.82) is 0 Å². The maximum absolute atomic E-state index is 11.9. The Labute approximate surface area is 129 Å². The second-order valence-electron chi connectivity index (χ2n) is 5.43. The molecule has 1 aromatic heterocycles. The third-order valence-electron chi connectivity index (χ3n) is 3.16. The smallest absolute Gasteiger partial charge is 0.269 e. The Hall–Kier alpha value is -2.63. The third-order valence-corrected chi connectivity index (χ3v) is 3.16. The van der Waals surface area contributed by atoms with Crippen LogP contribution in [0.1, 0.15) is 41.5 Å². The zero-order chi connectivity index (χ0) is 16.1. The van der Waals surface area contributed by atoms with Crippen molar-refractivity contribution in [2.75, 3.05) is 0 Å². The van der Waals surface area contributed by atoms with E-state index in [0.717, 1.165) is 5.56 Å². The molecule has 1 heterocycles. The summed E-state index contributed by atoms with van der Waals surface area (Å²) in [4.78, 5) is 23.7. The van der Waals surface area contributed by atoms with Gasteiger partial charge in [0.25, 0.3) is 5.91 Å². The molecule has 0 bridgehead atoms. The molecule has 0 unspecified atom stereocenters. The van der Waals surface area contributed by atoms with Gasteiger partial charge in [0.2, 0.25) is 5.91 Å². The van der Waals surface area contributed by atoms with Crippen molar-refractivity contribution in [3.05, 3.63) is 53.3 Å². The number of hydrogen-bond acceptors (Lipinski definition) is 3. The monoisotopic (exact) mass is 300 g/mol. The highest BCUT2D eigenvalue weighted by molar-refractivity contribution is 5.95. The molecule has 6 nitrogen and oxygen atoms in total. The molecule has 0 aliphatic rings. The van der Waals surface area contributed by atoms with Gasteiger partial charge in [-0.1, -0.05) is 17.7 Å². The van der Waals surface area contributed by atoms with E-state index >= 15 is 0 Å². The van der Waals surface area contributed by atoms with Crippen LogP contribution >= 0.6 is 0 Å². The van der Waals surface area contributed by atoms with Gasteiger partial charge in [0.15, 0.2) is 0 Å². The van der Waals surface area contributed by atoms with Gasteiger partial charge in [-0.05, 0) is 39.0 Å². The Kier molecular flexibility index (Phi) is 4.93. The second kappa shape index (κ2) is 6.89. The minimum absolute atomic E-state index is 0.119. The van der Waals surface area contributed by atoms with Crippen LogP contribution in [-0.2, 0) is 11.2 Å². The summed E-state index contributed by atoms with van der Waals surface area (Å²) in [6, 6.07) is 9.15. The number of benzene rings is 1. The van der Waals surface area contributed by atoms with Crippen molar-refractivity contribution in [2.45, 2.75) is 33.2 Å². The van der Waals surface area contributed by atoms with E-state index in [1.54, 1.807) is 22.9 Å². The van der Waals surface area contributed by atoms with Crippen LogP contribution in [0.3, 0.4) is 0 Å². The van der Waals surface area contributed by atoms with Crippen LogP contribution in [0.25, 0.3) is 0 Å². The van der Waals surface area contributed by atoms with Crippen molar-refractivity contribution >= 4 is 11.8 Å². The molecule has 6 heteroatoms. The summed E-state index contributed by atoms with van der Waals surface area (Å²) in [5.74, 6) is -0.657. The summed E-state index contributed by atoms with van der Waals surface area (Å²) in [6.45, 7) is 5.97. The lowest BCUT2D eigenvalue weighted by Crippen LogP contribution is -2.42. The van der Waals surface area contributed by atoms with Gasteiger partial charge in [-0.25, -0.2) is 0 Å². The predicted octanol–water partition coefficient (Wildman–Crippen LogP) is 1.78. The van der Waals surface area contributed by atoms with Gasteiger partial charge >= 0.3 is 0 Å². The number of nitrogens with zero attached hydrogens (tertiary/aromatic N) is 2. The first-order chi connectivity index (χ1) is 10.5. The van der Waals surface area contributed by atoms with Gasteiger partial charge < -0.3 is 0 Å². The number of hydrazine groups is 1. The normalized spacial score (nSPS) is 10.5. The summed E-state index contributed by atoms with van der Waals surface area (Å²) in [6.07, 6.45) is 1.95. The summed E-state index contributed by atoms with van der Waals surface area (Å²) in [5, 5.41) is 4.29. The van der Waals surface area contributed by atoms with E-state index in [-0.39, 0.29) is 24.3 Å². The van der Waals surface area contributed by atoms with E-state index in [4.69, 9.17) is 0 Å². The van der Waals surface area contributed by atoms with Crippen molar-refractivity contribution in [1.82, 2.24) is 20.6 Å². The van der Waals surface area contributed by atoms with Crippen molar-refractivity contribution in [3.63, 3.8) is 0 Å². The van der Waals surface area contributed by atoms with Gasteiger partial charge in [0.05, 0.1) is 12.1 Å². The van der Waals surface area contributed by atoms with E-state index in [2.05, 4.69) is 16.0 Å². The Balaban J connectivity index is 1.84. The summed E-state index contributed by atoms with van der Waals surface area (Å²) >= 11 is 0. The van der Waals surface area contributed by atoms with E-state index in [9.17, 15) is 9.59 Å². The Morgan fingerprint density at radius 1 is 1.14 bits per heavy atom. The molecule has 0 aliphatic carbocycles. The molecule has 2 aromatic rings. The molecule has 0 aliphatic heterocycles. The van der Waals surface area contributed by atoms with Crippen LogP contribution in [0.15, 0.2) is 36.5 Å². The lowest BCUT2D eigenvalue weighted by molar-refractivity contribution is -0.121. The van der Waals surface area contributed by atoms with Crippen LogP contribution in [-0.4, -0.2) is 21.6 Å². The maximum atomic E-state index is 11.9. The largest absolute Gasteiger partial charge is 0.273 e. The number of aromatic nitrogens is 2. The molecule has 0 saturated heterocycles. The molecule has 0 fully saturated rings. The van der Waals surface area contributed by atoms with E-state index < -0.39 is 0 Å². The quantitative estimate of drug-likeness (QED) is 0.845. The van der Waals surface area contributed by atoms with Gasteiger partial charge in [-0.15, -0.1) is 0 Å². The highest BCUT2D eigenvalue weighted by Gasteiger charge is 2.10. The highest BCUT2D eigenvalue weighted by Crippen LogP contribution is 2.05. The number of nitrogens with one attached hydrogen (secondary N) is 2. The first-order valence-corrected chi connectivity index (χ1v) is 7.15. The zero-order valence-electron chi connectivity index (χ0n) is 13.0. The van der Waals surface area contributed by atoms with E-state index in [1.807, 2.05) is 39.1 Å². The minimum Gasteiger partial charge on any atom is -0.273 e. The Morgan fingerprint density at radius 2 is 1.82 bits per heavy atom. The third kappa shape index (κ3) is 4.18. The first kappa shape index (κ1) is 15.8. The van der Waals surface area contributed by atoms with Crippen LogP contribution in [0.4, 0.5) is 0 Å². The second-order valence-corrected chi connectivity index (χ2v) is 5.43. The van der Waals surface area contributed by atoms with Crippen molar-refractivity contribution in [2.24, 2.45) is 0 Å². The molecule has 0 radical (unpaired) electrons. The van der Waals surface area contributed by atoms with Gasteiger partial charge in [-0.3, -0.25) is 25.1 Å². The van der Waals surface area contributed by atoms with Crippen molar-refractivity contribution in [3.8, 4) is 0 Å². The van der Waals surface area contributed by atoms with E-state index in [0.29, 0.717) is 11.3 Å². The maximum Gasteiger partial charge on any atom is 0.269 e. The molecule has 0 saturated carbocycles. The van der Waals surface area contributed by atoms with Crippen molar-refractivity contribution < 1.29 is 9.59 Å². The number of hydrogen-bond donors (Lipinski definition) is 2. The van der Waals surface area contributed by atoms with Gasteiger partial charge in [-0.2, -0.15) is 5.10 Å². The average Bonchev–Trinajstić information content (AvgIpc) is 2.94. The number of carbonyl (C=O) groups excluding carboxylic acids is 2. The predicted molar refractivity (Wildman–Crippen MR) is 83.1 cm³/mol. The standard InChI is InChI=1S/C16H20N4O2/c1-11(2)20-9-8-14(19-20)10-15(21)17-18-16(22)13-6-4-12(3)5-7-13/h4-9,11H,10H2,1-3H3,(H,17,21)(H,18,22). The zero-order valence-corrected chi connectivity index (χ0v) is 13.0. The van der Waals surface area contributed by atoms with Crippen LogP contribution in [0, 0.1) is 6.92 Å². The summed E-state index contributed by atoms with van der Waals surface area (Å²) < 4.78 is 1.79. The topological polar surface area (TPSA) is 76.0 Å². The average molecular weight is 300 g/mol. The lowest BCUT2D eigenvalue weighted by Gasteiger charge is -2.07. The first-order valence-electron chi connectivity index (χ1n) is 7.15. The van der Waals surface area contributed by atoms with E-state index in [1.165, 1.54) is 0 Å². The minimum atomic E-state index is -0.346. The molecule has 22 heavy (non-hydrogen) atoms. The fraction of sp³-hybridized carbons (Fsp3) is 0.312. The molecule has 0 atom stereocenters. The molecular weight excluding hydrogens is 280 g/mol. The number of aryl methyl sites for hydroxylation is 1. The van der Waals surface area contributed by atoms with Gasteiger partial charge in [0.1, 0.15) is 0 Å². The van der Waals surface area contributed by atoms with Crippen LogP contribution in [0.2, 0.25) is 0 Å². The highest BCUT2D eigenvalue weighted by atomic mass is 16.2. The summed E-state index contributed by atoms with van der Waals surface area (Å²) in [5.41, 5.74) is 7.02. The van der Waals surface area contributed by atoms with Gasteiger partial charge in [0, 0.05) is 17.8 Å². The molecular formula is C16H20N4O2. The fourth-order valence-electron chi connectivity index (χ4n) is 1.87. The fourth-order valence-corrected chi connectivity index (χ4v) is 1.87. The number of amides is 2. The molecule has 1 aromatic carbocycles. The lowest BCUT2D eigenvalue weighted by atomic mass is 10.1. The molecule has 2 amide bonds. The van der Waals surface area contributed by atoms with Crippen LogP contribution in [0.5, 0.6) is 0 Å². The SMILES string of the molecule is Cc1ccc(C(=O)NNC(=O)Cc2ccn(C(C)C)n2)cc1. The molecule has 116 valence electrons. The number of rotatable bonds is 4. The Morgan fingerprint density at radius 3 is 2.41 bits per heavy atom.